The fourth-order valence-electron chi connectivity index (χ4n) is 3.05. The Hall–Kier alpha value is -0.120. The third-order valence-corrected chi connectivity index (χ3v) is 4.09. The fraction of sp³-hybridized carbons (Fsp3) is 1.00. The highest BCUT2D eigenvalue weighted by Gasteiger charge is 2.17. The summed E-state index contributed by atoms with van der Waals surface area (Å²) in [5.41, 5.74) is 0. The van der Waals surface area contributed by atoms with Gasteiger partial charge in [-0.1, -0.05) is 0 Å². The molecule has 2 rings (SSSR count). The molecule has 2 fully saturated rings. The van der Waals surface area contributed by atoms with Crippen molar-refractivity contribution in [1.29, 1.82) is 0 Å². The zero-order valence-electron chi connectivity index (χ0n) is 11.3. The molecule has 100 valence electrons. The predicted molar refractivity (Wildman–Crippen MR) is 71.3 cm³/mol. The van der Waals surface area contributed by atoms with Crippen molar-refractivity contribution in [3.05, 3.63) is 0 Å². The van der Waals surface area contributed by atoms with Crippen molar-refractivity contribution in [2.75, 3.05) is 39.8 Å². The number of nitrogens with one attached hydrogen (secondary N) is 1. The quantitative estimate of drug-likeness (QED) is 0.767. The van der Waals surface area contributed by atoms with E-state index in [1.807, 2.05) is 0 Å². The van der Waals surface area contributed by atoms with Crippen molar-refractivity contribution in [1.82, 2.24) is 10.2 Å². The van der Waals surface area contributed by atoms with Gasteiger partial charge in [-0.05, 0) is 71.1 Å². The average molecular weight is 240 g/mol. The number of hydrogen-bond acceptors (Lipinski definition) is 3. The minimum absolute atomic E-state index is 0.511. The maximum absolute atomic E-state index is 5.67. The van der Waals surface area contributed by atoms with Gasteiger partial charge in [-0.3, -0.25) is 0 Å². The first kappa shape index (κ1) is 13.3. The van der Waals surface area contributed by atoms with E-state index in [1.54, 1.807) is 0 Å². The Morgan fingerprint density at radius 2 is 2.24 bits per heavy atom. The molecule has 2 aliphatic rings. The smallest absolute Gasteiger partial charge is 0.0702 e. The van der Waals surface area contributed by atoms with Crippen LogP contribution in [0.2, 0.25) is 0 Å². The van der Waals surface area contributed by atoms with Crippen LogP contribution in [0, 0.1) is 5.92 Å². The molecular weight excluding hydrogens is 212 g/mol. The Morgan fingerprint density at radius 1 is 1.29 bits per heavy atom. The number of likely N-dealkylation sites (N-methyl/N-ethyl adjacent to an activating group) is 1. The molecule has 0 bridgehead atoms. The van der Waals surface area contributed by atoms with Crippen LogP contribution in [0.1, 0.15) is 38.5 Å². The zero-order chi connectivity index (χ0) is 11.9. The molecule has 3 heteroatoms. The van der Waals surface area contributed by atoms with E-state index in [0.717, 1.165) is 19.1 Å². The normalized spacial score (nSPS) is 30.0. The third kappa shape index (κ3) is 4.94. The van der Waals surface area contributed by atoms with E-state index in [0.29, 0.717) is 6.10 Å². The monoisotopic (exact) mass is 240 g/mol. The van der Waals surface area contributed by atoms with Gasteiger partial charge < -0.3 is 15.0 Å². The summed E-state index contributed by atoms with van der Waals surface area (Å²) in [6, 6.07) is 0. The first-order chi connectivity index (χ1) is 8.34. The summed E-state index contributed by atoms with van der Waals surface area (Å²) in [4.78, 5) is 2.45. The highest BCUT2D eigenvalue weighted by atomic mass is 16.5. The number of piperidine rings is 1. The van der Waals surface area contributed by atoms with Gasteiger partial charge in [0, 0.05) is 13.2 Å². The Morgan fingerprint density at radius 3 is 2.94 bits per heavy atom. The molecule has 0 aliphatic carbocycles. The molecule has 0 radical (unpaired) electrons. The molecule has 2 heterocycles. The van der Waals surface area contributed by atoms with Crippen LogP contribution in [-0.4, -0.2) is 50.8 Å². The van der Waals surface area contributed by atoms with Gasteiger partial charge in [-0.2, -0.15) is 0 Å². The first-order valence-corrected chi connectivity index (χ1v) is 7.35. The molecule has 0 amide bonds. The first-order valence-electron chi connectivity index (χ1n) is 7.35. The summed E-state index contributed by atoms with van der Waals surface area (Å²) < 4.78 is 5.67. The minimum Gasteiger partial charge on any atom is -0.377 e. The van der Waals surface area contributed by atoms with Crippen LogP contribution in [-0.2, 0) is 4.74 Å². The standard InChI is InChI=1S/C14H28N2O/c1-16(12-14-7-4-10-17-14)9-3-6-13-5-2-8-15-11-13/h13-15H,2-12H2,1H3. The van der Waals surface area contributed by atoms with Crippen molar-refractivity contribution in [2.24, 2.45) is 5.92 Å². The second-order valence-corrected chi connectivity index (χ2v) is 5.75. The Kier molecular flexibility index (Phi) is 5.75. The molecular formula is C14H28N2O. The topological polar surface area (TPSA) is 24.5 Å². The summed E-state index contributed by atoms with van der Waals surface area (Å²) in [5.74, 6) is 0.930. The van der Waals surface area contributed by atoms with Crippen molar-refractivity contribution in [2.45, 2.75) is 44.6 Å². The number of nitrogens with zero attached hydrogens (tertiary/aromatic N) is 1. The summed E-state index contributed by atoms with van der Waals surface area (Å²) >= 11 is 0. The van der Waals surface area contributed by atoms with Crippen LogP contribution in [0.25, 0.3) is 0 Å². The molecule has 2 aliphatic heterocycles. The largest absolute Gasteiger partial charge is 0.377 e. The van der Waals surface area contributed by atoms with Crippen LogP contribution < -0.4 is 5.32 Å². The van der Waals surface area contributed by atoms with E-state index in [-0.39, 0.29) is 0 Å². The highest BCUT2D eigenvalue weighted by Crippen LogP contribution is 2.17. The number of hydrogen-bond donors (Lipinski definition) is 1. The molecule has 0 spiro atoms. The lowest BCUT2D eigenvalue weighted by molar-refractivity contribution is 0.0803. The van der Waals surface area contributed by atoms with Gasteiger partial charge >= 0.3 is 0 Å². The summed E-state index contributed by atoms with van der Waals surface area (Å²) in [5, 5.41) is 3.50. The van der Waals surface area contributed by atoms with Crippen LogP contribution in [0.5, 0.6) is 0 Å². The fourth-order valence-corrected chi connectivity index (χ4v) is 3.05. The van der Waals surface area contributed by atoms with E-state index in [9.17, 15) is 0 Å². The van der Waals surface area contributed by atoms with Gasteiger partial charge in [-0.15, -0.1) is 0 Å². The Bertz CT molecular complexity index is 198. The van der Waals surface area contributed by atoms with E-state index >= 15 is 0 Å². The summed E-state index contributed by atoms with van der Waals surface area (Å²) in [7, 11) is 2.24. The van der Waals surface area contributed by atoms with Crippen LogP contribution in [0.15, 0.2) is 0 Å². The SMILES string of the molecule is CN(CCCC1CCCNC1)CC1CCCO1. The third-order valence-electron chi connectivity index (χ3n) is 4.09. The van der Waals surface area contributed by atoms with Gasteiger partial charge in [0.15, 0.2) is 0 Å². The molecule has 17 heavy (non-hydrogen) atoms. The van der Waals surface area contributed by atoms with Gasteiger partial charge in [0.2, 0.25) is 0 Å². The molecule has 2 unspecified atom stereocenters. The predicted octanol–water partition coefficient (Wildman–Crippen LogP) is 1.88. The van der Waals surface area contributed by atoms with Crippen molar-refractivity contribution in [3.8, 4) is 0 Å². The van der Waals surface area contributed by atoms with Gasteiger partial charge in [0.05, 0.1) is 6.10 Å². The highest BCUT2D eigenvalue weighted by molar-refractivity contribution is 4.71. The van der Waals surface area contributed by atoms with Crippen molar-refractivity contribution in [3.63, 3.8) is 0 Å². The van der Waals surface area contributed by atoms with Crippen LogP contribution in [0.3, 0.4) is 0 Å². The molecule has 1 N–H and O–H groups in total. The molecule has 0 aromatic carbocycles. The van der Waals surface area contributed by atoms with Crippen LogP contribution in [0.4, 0.5) is 0 Å². The zero-order valence-corrected chi connectivity index (χ0v) is 11.3. The van der Waals surface area contributed by atoms with Gasteiger partial charge in [0.1, 0.15) is 0 Å². The Balaban J connectivity index is 1.51. The van der Waals surface area contributed by atoms with E-state index in [4.69, 9.17) is 4.74 Å². The molecule has 0 saturated carbocycles. The van der Waals surface area contributed by atoms with E-state index in [2.05, 4.69) is 17.3 Å². The molecule has 2 atom stereocenters. The maximum atomic E-state index is 5.67. The lowest BCUT2D eigenvalue weighted by Crippen LogP contribution is -2.32. The van der Waals surface area contributed by atoms with E-state index < -0.39 is 0 Å². The lowest BCUT2D eigenvalue weighted by Gasteiger charge is -2.24. The summed E-state index contributed by atoms with van der Waals surface area (Å²) in [6.45, 7) is 5.82. The lowest BCUT2D eigenvalue weighted by atomic mass is 9.95. The maximum Gasteiger partial charge on any atom is 0.0702 e. The molecule has 2 saturated heterocycles. The van der Waals surface area contributed by atoms with E-state index in [1.165, 1.54) is 58.2 Å². The number of rotatable bonds is 6. The second-order valence-electron chi connectivity index (χ2n) is 5.75. The van der Waals surface area contributed by atoms with Crippen LogP contribution >= 0.6 is 0 Å². The Labute approximate surface area is 106 Å². The van der Waals surface area contributed by atoms with Gasteiger partial charge in [-0.25, -0.2) is 0 Å². The van der Waals surface area contributed by atoms with Crippen molar-refractivity contribution >= 4 is 0 Å². The molecule has 0 aromatic heterocycles. The van der Waals surface area contributed by atoms with Gasteiger partial charge in [0.25, 0.3) is 0 Å². The molecule has 3 nitrogen and oxygen atoms in total. The second kappa shape index (κ2) is 7.34. The summed E-state index contributed by atoms with van der Waals surface area (Å²) in [6.07, 6.45) is 8.57. The molecule has 0 aromatic rings. The average Bonchev–Trinajstić information content (AvgIpc) is 2.83. The number of ether oxygens (including phenoxy) is 1. The van der Waals surface area contributed by atoms with Crippen molar-refractivity contribution < 1.29 is 4.74 Å². The minimum atomic E-state index is 0.511.